The van der Waals surface area contributed by atoms with Crippen molar-refractivity contribution in [3.8, 4) is 16.9 Å². The van der Waals surface area contributed by atoms with E-state index in [1.54, 1.807) is 30.3 Å². The normalized spacial score (nSPS) is 11.4. The molecule has 0 amide bonds. The lowest BCUT2D eigenvalue weighted by Gasteiger charge is -2.17. The van der Waals surface area contributed by atoms with Crippen LogP contribution in [0.2, 0.25) is 5.02 Å². The van der Waals surface area contributed by atoms with Crippen LogP contribution in [-0.2, 0) is 0 Å². The second-order valence-corrected chi connectivity index (χ2v) is 4.36. The van der Waals surface area contributed by atoms with Gasteiger partial charge in [0.25, 0.3) is 0 Å². The fourth-order valence-electron chi connectivity index (χ4n) is 1.74. The highest BCUT2D eigenvalue weighted by Crippen LogP contribution is 2.44. The highest BCUT2D eigenvalue weighted by atomic mass is 35.5. The standard InChI is InChI=1S/C13H10ClF3N2O/c14-11-10(7-4-2-1-3-5-7)9(20-13(15,16)17)6-8(18)12(11)19/h1-6H,18-19H2. The van der Waals surface area contributed by atoms with Gasteiger partial charge in [0.1, 0.15) is 5.75 Å². The first-order valence-electron chi connectivity index (χ1n) is 5.48. The zero-order valence-corrected chi connectivity index (χ0v) is 10.8. The predicted octanol–water partition coefficient (Wildman–Crippen LogP) is 4.07. The van der Waals surface area contributed by atoms with Gasteiger partial charge in [-0.1, -0.05) is 41.9 Å². The molecule has 0 bridgehead atoms. The Labute approximate surface area is 117 Å². The summed E-state index contributed by atoms with van der Waals surface area (Å²) in [6.07, 6.45) is -4.85. The monoisotopic (exact) mass is 302 g/mol. The number of anilines is 2. The second kappa shape index (κ2) is 5.13. The molecule has 106 valence electrons. The van der Waals surface area contributed by atoms with Crippen molar-refractivity contribution in [2.45, 2.75) is 6.36 Å². The lowest BCUT2D eigenvalue weighted by molar-refractivity contribution is -0.274. The van der Waals surface area contributed by atoms with Gasteiger partial charge in [0, 0.05) is 11.6 Å². The molecule has 0 saturated heterocycles. The Morgan fingerprint density at radius 1 is 1.05 bits per heavy atom. The molecule has 0 radical (unpaired) electrons. The molecular formula is C13H10ClF3N2O. The Morgan fingerprint density at radius 3 is 2.20 bits per heavy atom. The number of halogens is 4. The Kier molecular flexibility index (Phi) is 3.67. The van der Waals surface area contributed by atoms with Crippen molar-refractivity contribution >= 4 is 23.0 Å². The molecular weight excluding hydrogens is 293 g/mol. The maximum atomic E-state index is 12.5. The number of hydrogen-bond acceptors (Lipinski definition) is 3. The van der Waals surface area contributed by atoms with Crippen LogP contribution in [0.1, 0.15) is 0 Å². The molecule has 2 rings (SSSR count). The summed E-state index contributed by atoms with van der Waals surface area (Å²) in [5.74, 6) is -0.486. The van der Waals surface area contributed by atoms with Crippen LogP contribution in [0.5, 0.6) is 5.75 Å². The third-order valence-electron chi connectivity index (χ3n) is 2.59. The number of alkyl halides is 3. The molecule has 0 aliphatic carbocycles. The molecule has 4 N–H and O–H groups in total. The molecule has 0 unspecified atom stereocenters. The maximum absolute atomic E-state index is 12.5. The van der Waals surface area contributed by atoms with Crippen molar-refractivity contribution in [3.05, 3.63) is 41.4 Å². The van der Waals surface area contributed by atoms with E-state index in [1.807, 2.05) is 0 Å². The minimum atomic E-state index is -4.85. The molecule has 0 saturated carbocycles. The summed E-state index contributed by atoms with van der Waals surface area (Å²) in [5.41, 5.74) is 11.6. The number of rotatable bonds is 2. The van der Waals surface area contributed by atoms with Crippen molar-refractivity contribution in [2.75, 3.05) is 11.5 Å². The lowest BCUT2D eigenvalue weighted by Crippen LogP contribution is -2.18. The molecule has 0 fully saturated rings. The predicted molar refractivity (Wildman–Crippen MR) is 72.4 cm³/mol. The summed E-state index contributed by atoms with van der Waals surface area (Å²) in [6.45, 7) is 0. The van der Waals surface area contributed by atoms with E-state index in [-0.39, 0.29) is 22.0 Å². The molecule has 0 aromatic heterocycles. The van der Waals surface area contributed by atoms with Crippen LogP contribution in [0.4, 0.5) is 24.5 Å². The smallest absolute Gasteiger partial charge is 0.405 e. The van der Waals surface area contributed by atoms with E-state index in [9.17, 15) is 13.2 Å². The molecule has 2 aromatic carbocycles. The summed E-state index contributed by atoms with van der Waals surface area (Å²) in [6, 6.07) is 9.25. The van der Waals surface area contributed by atoms with Crippen molar-refractivity contribution in [1.29, 1.82) is 0 Å². The van der Waals surface area contributed by atoms with E-state index in [4.69, 9.17) is 23.1 Å². The first kappa shape index (κ1) is 14.3. The fraction of sp³-hybridized carbons (Fsp3) is 0.0769. The summed E-state index contributed by atoms with van der Waals surface area (Å²) in [5, 5.41) is -0.0737. The van der Waals surface area contributed by atoms with Gasteiger partial charge in [0.2, 0.25) is 0 Å². The third-order valence-corrected chi connectivity index (χ3v) is 2.98. The van der Waals surface area contributed by atoms with Crippen LogP contribution < -0.4 is 16.2 Å². The van der Waals surface area contributed by atoms with E-state index in [0.717, 1.165) is 6.07 Å². The van der Waals surface area contributed by atoms with Crippen molar-refractivity contribution < 1.29 is 17.9 Å². The molecule has 0 atom stereocenters. The first-order chi connectivity index (χ1) is 9.29. The van der Waals surface area contributed by atoms with Gasteiger partial charge < -0.3 is 16.2 Å². The summed E-state index contributed by atoms with van der Waals surface area (Å²) in [4.78, 5) is 0. The average molecular weight is 303 g/mol. The SMILES string of the molecule is Nc1cc(OC(F)(F)F)c(-c2ccccc2)c(Cl)c1N. The van der Waals surface area contributed by atoms with Gasteiger partial charge in [0.05, 0.1) is 16.4 Å². The van der Waals surface area contributed by atoms with Crippen LogP contribution in [0.3, 0.4) is 0 Å². The van der Waals surface area contributed by atoms with E-state index in [2.05, 4.69) is 4.74 Å². The first-order valence-corrected chi connectivity index (χ1v) is 5.86. The van der Waals surface area contributed by atoms with Crippen molar-refractivity contribution in [3.63, 3.8) is 0 Å². The van der Waals surface area contributed by atoms with Gasteiger partial charge in [-0.3, -0.25) is 0 Å². The summed E-state index contributed by atoms with van der Waals surface area (Å²) < 4.78 is 41.4. The Morgan fingerprint density at radius 2 is 1.65 bits per heavy atom. The number of ether oxygens (including phenoxy) is 1. The zero-order chi connectivity index (χ0) is 14.9. The quantitative estimate of drug-likeness (QED) is 0.822. The van der Waals surface area contributed by atoms with Crippen molar-refractivity contribution in [2.24, 2.45) is 0 Å². The van der Waals surface area contributed by atoms with E-state index < -0.39 is 12.1 Å². The number of benzene rings is 2. The molecule has 0 aliphatic heterocycles. The number of nitrogen functional groups attached to an aromatic ring is 2. The Balaban J connectivity index is 2.67. The van der Waals surface area contributed by atoms with Crippen LogP contribution in [0.15, 0.2) is 36.4 Å². The van der Waals surface area contributed by atoms with Gasteiger partial charge in [-0.25, -0.2) is 0 Å². The number of nitrogens with two attached hydrogens (primary N) is 2. The topological polar surface area (TPSA) is 61.3 Å². The van der Waals surface area contributed by atoms with Gasteiger partial charge in [0.15, 0.2) is 0 Å². The largest absolute Gasteiger partial charge is 0.573 e. The summed E-state index contributed by atoms with van der Waals surface area (Å²) >= 11 is 6.01. The average Bonchev–Trinajstić information content (AvgIpc) is 2.35. The second-order valence-electron chi connectivity index (χ2n) is 3.98. The number of hydrogen-bond donors (Lipinski definition) is 2. The maximum Gasteiger partial charge on any atom is 0.573 e. The molecule has 7 heteroatoms. The van der Waals surface area contributed by atoms with E-state index in [1.165, 1.54) is 0 Å². The molecule has 3 nitrogen and oxygen atoms in total. The van der Waals surface area contributed by atoms with Gasteiger partial charge in [-0.15, -0.1) is 13.2 Å². The highest BCUT2D eigenvalue weighted by molar-refractivity contribution is 6.37. The van der Waals surface area contributed by atoms with Gasteiger partial charge in [-0.05, 0) is 5.56 Å². The van der Waals surface area contributed by atoms with Gasteiger partial charge >= 0.3 is 6.36 Å². The molecule has 0 heterocycles. The summed E-state index contributed by atoms with van der Waals surface area (Å²) in [7, 11) is 0. The lowest BCUT2D eigenvalue weighted by atomic mass is 10.0. The van der Waals surface area contributed by atoms with E-state index in [0.29, 0.717) is 5.56 Å². The van der Waals surface area contributed by atoms with Crippen molar-refractivity contribution in [1.82, 2.24) is 0 Å². The molecule has 20 heavy (non-hydrogen) atoms. The van der Waals surface area contributed by atoms with Crippen LogP contribution in [-0.4, -0.2) is 6.36 Å². The van der Waals surface area contributed by atoms with Crippen LogP contribution in [0, 0.1) is 0 Å². The van der Waals surface area contributed by atoms with Crippen LogP contribution >= 0.6 is 11.6 Å². The molecule has 0 aliphatic rings. The molecule has 0 spiro atoms. The van der Waals surface area contributed by atoms with E-state index >= 15 is 0 Å². The zero-order valence-electron chi connectivity index (χ0n) is 10.0. The Bertz CT molecular complexity index is 630. The fourth-order valence-corrected chi connectivity index (χ4v) is 2.05. The Hall–Kier alpha value is -2.08. The highest BCUT2D eigenvalue weighted by Gasteiger charge is 2.33. The van der Waals surface area contributed by atoms with Crippen LogP contribution in [0.25, 0.3) is 11.1 Å². The minimum Gasteiger partial charge on any atom is -0.405 e. The van der Waals surface area contributed by atoms with Gasteiger partial charge in [-0.2, -0.15) is 0 Å². The third kappa shape index (κ3) is 2.91. The molecule has 2 aromatic rings. The minimum absolute atomic E-state index is 0.0139.